The van der Waals surface area contributed by atoms with E-state index >= 15 is 0 Å². The lowest BCUT2D eigenvalue weighted by atomic mass is 10.1. The van der Waals surface area contributed by atoms with E-state index in [2.05, 4.69) is 15.4 Å². The molecule has 3 heterocycles. The van der Waals surface area contributed by atoms with Crippen LogP contribution in [-0.2, 0) is 11.2 Å². The number of halogens is 1. The molecule has 1 aromatic carbocycles. The van der Waals surface area contributed by atoms with Crippen LogP contribution in [0.25, 0.3) is 11.3 Å². The number of hydrogen-bond donors (Lipinski definition) is 0. The van der Waals surface area contributed by atoms with Crippen molar-refractivity contribution in [3.63, 3.8) is 0 Å². The Balaban J connectivity index is 1.34. The molecule has 0 aliphatic carbocycles. The van der Waals surface area contributed by atoms with E-state index in [1.807, 2.05) is 21.9 Å². The second-order valence-corrected chi connectivity index (χ2v) is 6.77. The number of rotatable bonds is 4. The molecule has 1 amide bonds. The summed E-state index contributed by atoms with van der Waals surface area (Å²) in [5.74, 6) is 1.17. The van der Waals surface area contributed by atoms with Crippen molar-refractivity contribution in [2.75, 3.05) is 31.1 Å². The third-order valence-corrected chi connectivity index (χ3v) is 4.69. The first-order chi connectivity index (χ1) is 13.1. The maximum atomic E-state index is 12.6. The van der Waals surface area contributed by atoms with Crippen LogP contribution in [0.3, 0.4) is 0 Å². The van der Waals surface area contributed by atoms with Crippen molar-refractivity contribution < 1.29 is 13.7 Å². The van der Waals surface area contributed by atoms with Gasteiger partial charge in [-0.15, -0.1) is 5.10 Å². The summed E-state index contributed by atoms with van der Waals surface area (Å²) >= 11 is 5.90. The van der Waals surface area contributed by atoms with Crippen molar-refractivity contribution in [3.05, 3.63) is 46.9 Å². The van der Waals surface area contributed by atoms with E-state index in [9.17, 15) is 4.79 Å². The number of anilines is 1. The van der Waals surface area contributed by atoms with Crippen molar-refractivity contribution >= 4 is 23.5 Å². The molecule has 0 saturated carbocycles. The van der Waals surface area contributed by atoms with Gasteiger partial charge in [-0.3, -0.25) is 4.79 Å². The summed E-state index contributed by atoms with van der Waals surface area (Å²) in [4.78, 5) is 16.4. The normalized spacial score (nSPS) is 14.6. The Morgan fingerprint density at radius 2 is 1.89 bits per heavy atom. The zero-order valence-corrected chi connectivity index (χ0v) is 15.5. The fourth-order valence-corrected chi connectivity index (χ4v) is 3.10. The number of hydrogen-bond acceptors (Lipinski definition) is 7. The van der Waals surface area contributed by atoms with E-state index in [0.29, 0.717) is 54.6 Å². The Kier molecular flexibility index (Phi) is 4.81. The first kappa shape index (κ1) is 17.5. The fraction of sp³-hybridized carbons (Fsp3) is 0.333. The highest BCUT2D eigenvalue weighted by Gasteiger charge is 2.24. The highest BCUT2D eigenvalue weighted by atomic mass is 35.5. The second kappa shape index (κ2) is 7.40. The van der Waals surface area contributed by atoms with Crippen LogP contribution in [-0.4, -0.2) is 52.3 Å². The van der Waals surface area contributed by atoms with Crippen LogP contribution in [0.4, 0.5) is 6.01 Å². The van der Waals surface area contributed by atoms with Crippen LogP contribution in [0.2, 0.25) is 5.02 Å². The number of aryl methyl sites for hydroxylation is 1. The Hall–Kier alpha value is -2.87. The van der Waals surface area contributed by atoms with Crippen molar-refractivity contribution in [1.82, 2.24) is 20.3 Å². The number of amides is 1. The summed E-state index contributed by atoms with van der Waals surface area (Å²) < 4.78 is 10.8. The van der Waals surface area contributed by atoms with Crippen LogP contribution >= 0.6 is 11.6 Å². The molecular weight excluding hydrogens is 370 g/mol. The number of carbonyl (C=O) groups is 1. The van der Waals surface area contributed by atoms with Crippen molar-refractivity contribution in [2.24, 2.45) is 0 Å². The highest BCUT2D eigenvalue weighted by Crippen LogP contribution is 2.23. The van der Waals surface area contributed by atoms with Gasteiger partial charge >= 0.3 is 6.01 Å². The van der Waals surface area contributed by atoms with E-state index in [-0.39, 0.29) is 12.3 Å². The zero-order valence-electron chi connectivity index (χ0n) is 14.8. The van der Waals surface area contributed by atoms with Crippen LogP contribution in [0.5, 0.6) is 0 Å². The minimum Gasteiger partial charge on any atom is -0.408 e. The SMILES string of the molecule is Cc1nnc(N2CCN(C(=O)Cc3cc(-c4ccc(Cl)cc4)on3)CC2)o1. The molecule has 1 fully saturated rings. The summed E-state index contributed by atoms with van der Waals surface area (Å²) in [5.41, 5.74) is 1.48. The molecule has 0 radical (unpaired) electrons. The Labute approximate surface area is 160 Å². The first-order valence-corrected chi connectivity index (χ1v) is 9.00. The van der Waals surface area contributed by atoms with E-state index in [0.717, 1.165) is 5.56 Å². The van der Waals surface area contributed by atoms with Gasteiger partial charge in [-0.1, -0.05) is 21.9 Å². The van der Waals surface area contributed by atoms with E-state index in [1.165, 1.54) is 0 Å². The van der Waals surface area contributed by atoms with Crippen LogP contribution in [0.15, 0.2) is 39.3 Å². The first-order valence-electron chi connectivity index (χ1n) is 8.63. The van der Waals surface area contributed by atoms with Gasteiger partial charge in [0.05, 0.1) is 12.1 Å². The van der Waals surface area contributed by atoms with Gasteiger partial charge in [0.2, 0.25) is 11.8 Å². The molecule has 0 spiro atoms. The lowest BCUT2D eigenvalue weighted by Crippen LogP contribution is -2.49. The number of carbonyl (C=O) groups excluding carboxylic acids is 1. The van der Waals surface area contributed by atoms with Gasteiger partial charge in [-0.2, -0.15) is 0 Å². The predicted octanol–water partition coefficient (Wildman–Crippen LogP) is 2.58. The molecule has 0 N–H and O–H groups in total. The molecule has 9 heteroatoms. The Bertz CT molecular complexity index is 929. The largest absolute Gasteiger partial charge is 0.408 e. The van der Waals surface area contributed by atoms with Gasteiger partial charge in [0, 0.05) is 49.8 Å². The van der Waals surface area contributed by atoms with Gasteiger partial charge in [0.25, 0.3) is 0 Å². The number of piperazine rings is 1. The Morgan fingerprint density at radius 3 is 2.56 bits per heavy atom. The van der Waals surface area contributed by atoms with Gasteiger partial charge in [0.1, 0.15) is 0 Å². The number of aromatic nitrogens is 3. The summed E-state index contributed by atoms with van der Waals surface area (Å²) in [6.45, 7) is 4.27. The van der Waals surface area contributed by atoms with Gasteiger partial charge in [-0.05, 0) is 24.3 Å². The van der Waals surface area contributed by atoms with Crippen molar-refractivity contribution in [1.29, 1.82) is 0 Å². The summed E-state index contributed by atoms with van der Waals surface area (Å²) in [7, 11) is 0. The summed E-state index contributed by atoms with van der Waals surface area (Å²) in [6.07, 6.45) is 0.205. The van der Waals surface area contributed by atoms with Crippen molar-refractivity contribution in [3.8, 4) is 11.3 Å². The predicted molar refractivity (Wildman–Crippen MR) is 98.5 cm³/mol. The summed E-state index contributed by atoms with van der Waals surface area (Å²) in [5, 5.41) is 12.5. The quantitative estimate of drug-likeness (QED) is 0.679. The van der Waals surface area contributed by atoms with Gasteiger partial charge in [-0.25, -0.2) is 0 Å². The second-order valence-electron chi connectivity index (χ2n) is 6.34. The molecule has 8 nitrogen and oxygen atoms in total. The standard InChI is InChI=1S/C18H18ClN5O3/c1-12-20-21-18(26-12)24-8-6-23(7-9-24)17(25)11-15-10-16(27-22-15)13-2-4-14(19)5-3-13/h2-5,10H,6-9,11H2,1H3. The van der Waals surface area contributed by atoms with Crippen LogP contribution < -0.4 is 4.90 Å². The van der Waals surface area contributed by atoms with Gasteiger partial charge < -0.3 is 18.7 Å². The number of nitrogens with zero attached hydrogens (tertiary/aromatic N) is 5. The molecule has 140 valence electrons. The zero-order chi connectivity index (χ0) is 18.8. The third-order valence-electron chi connectivity index (χ3n) is 4.44. The fourth-order valence-electron chi connectivity index (χ4n) is 2.97. The molecule has 2 aromatic heterocycles. The lowest BCUT2D eigenvalue weighted by Gasteiger charge is -2.33. The monoisotopic (exact) mass is 387 g/mol. The molecule has 0 unspecified atom stereocenters. The maximum Gasteiger partial charge on any atom is 0.318 e. The van der Waals surface area contributed by atoms with Gasteiger partial charge in [0.15, 0.2) is 5.76 Å². The molecule has 27 heavy (non-hydrogen) atoms. The lowest BCUT2D eigenvalue weighted by molar-refractivity contribution is -0.130. The highest BCUT2D eigenvalue weighted by molar-refractivity contribution is 6.30. The maximum absolute atomic E-state index is 12.6. The molecule has 3 aromatic rings. The average molecular weight is 388 g/mol. The van der Waals surface area contributed by atoms with Crippen LogP contribution in [0, 0.1) is 6.92 Å². The van der Waals surface area contributed by atoms with Crippen LogP contribution in [0.1, 0.15) is 11.6 Å². The topological polar surface area (TPSA) is 88.5 Å². The number of benzene rings is 1. The molecule has 1 aliphatic heterocycles. The molecule has 1 aliphatic rings. The molecule has 1 saturated heterocycles. The van der Waals surface area contributed by atoms with Crippen molar-refractivity contribution in [2.45, 2.75) is 13.3 Å². The molecule has 4 rings (SSSR count). The smallest absolute Gasteiger partial charge is 0.318 e. The van der Waals surface area contributed by atoms with E-state index in [1.54, 1.807) is 25.1 Å². The van der Waals surface area contributed by atoms with E-state index in [4.69, 9.17) is 20.5 Å². The minimum absolute atomic E-state index is 0.0207. The Morgan fingerprint density at radius 1 is 1.15 bits per heavy atom. The van der Waals surface area contributed by atoms with E-state index < -0.39 is 0 Å². The average Bonchev–Trinajstić information content (AvgIpc) is 3.32. The molecule has 0 bridgehead atoms. The minimum atomic E-state index is 0.0207. The molecule has 0 atom stereocenters. The summed E-state index contributed by atoms with van der Waals surface area (Å²) in [6, 6.07) is 9.57. The third kappa shape index (κ3) is 3.95. The molecular formula is C18H18ClN5O3.